The van der Waals surface area contributed by atoms with Gasteiger partial charge in [-0.05, 0) is 54.7 Å². The number of aromatic hydroxyl groups is 1. The predicted molar refractivity (Wildman–Crippen MR) is 125 cm³/mol. The summed E-state index contributed by atoms with van der Waals surface area (Å²) in [6.07, 6.45) is 0.954. The Morgan fingerprint density at radius 2 is 1.68 bits per heavy atom. The third kappa shape index (κ3) is 3.46. The summed E-state index contributed by atoms with van der Waals surface area (Å²) in [5.41, 5.74) is 4.94. The third-order valence-corrected chi connectivity index (χ3v) is 6.67. The maximum atomic E-state index is 13.7. The summed E-state index contributed by atoms with van der Waals surface area (Å²) < 4.78 is 21.8. The normalized spacial score (nSPS) is 19.2. The number of anilines is 1. The van der Waals surface area contributed by atoms with Crippen molar-refractivity contribution < 1.29 is 28.6 Å². The lowest BCUT2D eigenvalue weighted by Crippen LogP contribution is -2.29. The molecule has 5 rings (SSSR count). The Morgan fingerprint density at radius 1 is 0.971 bits per heavy atom. The van der Waals surface area contributed by atoms with E-state index in [-0.39, 0.29) is 23.4 Å². The number of aryl methyl sites for hydroxylation is 1. The molecule has 2 unspecified atom stereocenters. The van der Waals surface area contributed by atoms with E-state index in [1.54, 1.807) is 26.4 Å². The molecule has 8 nitrogen and oxygen atoms in total. The summed E-state index contributed by atoms with van der Waals surface area (Å²) >= 11 is 0. The number of nitrogens with one attached hydrogen (secondary N) is 1. The van der Waals surface area contributed by atoms with Crippen molar-refractivity contribution in [3.05, 3.63) is 70.1 Å². The summed E-state index contributed by atoms with van der Waals surface area (Å²) in [7, 11) is 4.69. The highest BCUT2D eigenvalue weighted by Crippen LogP contribution is 2.50. The minimum absolute atomic E-state index is 0.0526. The Kier molecular flexibility index (Phi) is 5.43. The van der Waals surface area contributed by atoms with E-state index in [0.29, 0.717) is 41.5 Å². The minimum Gasteiger partial charge on any atom is -0.504 e. The Morgan fingerprint density at radius 3 is 2.41 bits per heavy atom. The molecule has 2 heterocycles. The minimum atomic E-state index is -0.333. The highest BCUT2D eigenvalue weighted by Gasteiger charge is 2.41. The maximum Gasteiger partial charge on any atom is 0.233 e. The van der Waals surface area contributed by atoms with Gasteiger partial charge in [-0.15, -0.1) is 0 Å². The second-order valence-corrected chi connectivity index (χ2v) is 8.54. The molecule has 0 fully saturated rings. The number of carbonyl (C=O) groups excluding carboxylic acids is 1. The van der Waals surface area contributed by atoms with Crippen LogP contribution in [-0.2, 0) is 4.79 Å². The van der Waals surface area contributed by atoms with Crippen LogP contribution in [0, 0.1) is 6.92 Å². The molecule has 0 amide bonds. The molecular weight excluding hydrogens is 436 g/mol. The van der Waals surface area contributed by atoms with Gasteiger partial charge in [0.25, 0.3) is 0 Å². The SMILES string of the molecule is COc1cc(C2CC(=O)C3=C(C2)Nc2onc(C)c2C3c2ccc(OC)c(OC)c2)ccc1O. The lowest BCUT2D eigenvalue weighted by atomic mass is 9.72. The van der Waals surface area contributed by atoms with Crippen LogP contribution in [0.1, 0.15) is 47.1 Å². The first-order valence-electron chi connectivity index (χ1n) is 11.0. The molecular formula is C26H26N2O6. The molecule has 2 atom stereocenters. The van der Waals surface area contributed by atoms with Crippen molar-refractivity contribution in [1.29, 1.82) is 0 Å². The van der Waals surface area contributed by atoms with E-state index in [1.807, 2.05) is 31.2 Å². The monoisotopic (exact) mass is 462 g/mol. The van der Waals surface area contributed by atoms with Gasteiger partial charge in [0.05, 0.1) is 32.6 Å². The number of phenols is 1. The lowest BCUT2D eigenvalue weighted by Gasteiger charge is -2.34. The zero-order chi connectivity index (χ0) is 24.0. The fourth-order valence-electron chi connectivity index (χ4n) is 5.02. The number of Topliss-reactive ketones (excluding diaryl/α,β-unsaturated/α-hetero) is 1. The topological polar surface area (TPSA) is 103 Å². The molecule has 1 aliphatic carbocycles. The third-order valence-electron chi connectivity index (χ3n) is 6.67. The van der Waals surface area contributed by atoms with Crippen molar-refractivity contribution in [1.82, 2.24) is 5.16 Å². The molecule has 3 aromatic rings. The molecule has 2 aromatic carbocycles. The quantitative estimate of drug-likeness (QED) is 0.564. The van der Waals surface area contributed by atoms with Gasteiger partial charge >= 0.3 is 0 Å². The molecule has 8 heteroatoms. The molecule has 0 bridgehead atoms. The number of rotatable bonds is 5. The van der Waals surface area contributed by atoms with Gasteiger partial charge in [-0.2, -0.15) is 0 Å². The van der Waals surface area contributed by atoms with Crippen LogP contribution >= 0.6 is 0 Å². The Balaban J connectivity index is 1.60. The molecule has 2 aliphatic rings. The van der Waals surface area contributed by atoms with E-state index in [4.69, 9.17) is 18.7 Å². The van der Waals surface area contributed by atoms with Gasteiger partial charge in [-0.25, -0.2) is 0 Å². The van der Waals surface area contributed by atoms with Gasteiger partial charge in [0.1, 0.15) is 0 Å². The summed E-state index contributed by atoms with van der Waals surface area (Å²) in [6.45, 7) is 1.88. The van der Waals surface area contributed by atoms with Crippen LogP contribution < -0.4 is 19.5 Å². The number of ether oxygens (including phenoxy) is 3. The summed E-state index contributed by atoms with van der Waals surface area (Å²) in [5.74, 6) is 1.87. The van der Waals surface area contributed by atoms with E-state index in [1.165, 1.54) is 7.11 Å². The Labute approximate surface area is 197 Å². The molecule has 1 aliphatic heterocycles. The number of aromatic nitrogens is 1. The molecule has 2 N–H and O–H groups in total. The number of nitrogens with zero attached hydrogens (tertiary/aromatic N) is 1. The van der Waals surface area contributed by atoms with Crippen LogP contribution in [0.2, 0.25) is 0 Å². The van der Waals surface area contributed by atoms with Crippen molar-refractivity contribution in [2.24, 2.45) is 0 Å². The largest absolute Gasteiger partial charge is 0.504 e. The fourth-order valence-corrected chi connectivity index (χ4v) is 5.02. The van der Waals surface area contributed by atoms with Crippen LogP contribution in [0.15, 0.2) is 52.2 Å². The smallest absolute Gasteiger partial charge is 0.233 e. The summed E-state index contributed by atoms with van der Waals surface area (Å²) in [6, 6.07) is 10.9. The lowest BCUT2D eigenvalue weighted by molar-refractivity contribution is -0.116. The van der Waals surface area contributed by atoms with Gasteiger partial charge < -0.3 is 29.2 Å². The van der Waals surface area contributed by atoms with Crippen molar-refractivity contribution >= 4 is 11.7 Å². The average Bonchev–Trinajstić information content (AvgIpc) is 3.22. The van der Waals surface area contributed by atoms with Crippen LogP contribution in [-0.4, -0.2) is 37.4 Å². The molecule has 0 saturated carbocycles. The van der Waals surface area contributed by atoms with Crippen LogP contribution in [0.3, 0.4) is 0 Å². The van der Waals surface area contributed by atoms with Gasteiger partial charge in [0.15, 0.2) is 28.8 Å². The zero-order valence-corrected chi connectivity index (χ0v) is 19.5. The van der Waals surface area contributed by atoms with E-state index in [9.17, 15) is 9.90 Å². The number of hydrogen-bond donors (Lipinski definition) is 2. The number of hydrogen-bond acceptors (Lipinski definition) is 8. The summed E-state index contributed by atoms with van der Waals surface area (Å²) in [5, 5.41) is 17.5. The Hall–Kier alpha value is -3.94. The Bertz CT molecular complexity index is 1310. The molecule has 1 aromatic heterocycles. The van der Waals surface area contributed by atoms with E-state index >= 15 is 0 Å². The number of phenolic OH excluding ortho intramolecular Hbond substituents is 1. The van der Waals surface area contributed by atoms with E-state index in [0.717, 1.165) is 28.1 Å². The van der Waals surface area contributed by atoms with Crippen LogP contribution in [0.5, 0.6) is 23.0 Å². The first-order valence-corrected chi connectivity index (χ1v) is 11.0. The zero-order valence-electron chi connectivity index (χ0n) is 19.5. The first kappa shape index (κ1) is 21.9. The highest BCUT2D eigenvalue weighted by molar-refractivity contribution is 6.01. The number of fused-ring (bicyclic) bond motifs is 1. The van der Waals surface area contributed by atoms with Gasteiger partial charge in [-0.1, -0.05) is 17.3 Å². The van der Waals surface area contributed by atoms with Crippen molar-refractivity contribution in [3.63, 3.8) is 0 Å². The van der Waals surface area contributed by atoms with Crippen molar-refractivity contribution in [3.8, 4) is 23.0 Å². The average molecular weight is 463 g/mol. The number of benzene rings is 2. The molecule has 176 valence electrons. The predicted octanol–water partition coefficient (Wildman–Crippen LogP) is 4.67. The van der Waals surface area contributed by atoms with Gasteiger partial charge in [0.2, 0.25) is 5.88 Å². The highest BCUT2D eigenvalue weighted by atomic mass is 16.5. The van der Waals surface area contributed by atoms with Gasteiger partial charge in [0, 0.05) is 23.6 Å². The molecule has 34 heavy (non-hydrogen) atoms. The van der Waals surface area contributed by atoms with Crippen LogP contribution in [0.4, 0.5) is 5.88 Å². The van der Waals surface area contributed by atoms with E-state index < -0.39 is 0 Å². The number of carbonyl (C=O) groups is 1. The molecule has 0 radical (unpaired) electrons. The molecule has 0 saturated heterocycles. The maximum absolute atomic E-state index is 13.7. The standard InChI is InChI=1S/C26H26N2O6/c1-13-23-24(15-6-8-20(31-2)22(12-15)33-4)25-17(27-26(23)34-28-13)9-16(10-19(25)30)14-5-7-18(29)21(11-14)32-3/h5-8,11-12,16,24,27,29H,9-10H2,1-4H3. The number of ketones is 1. The summed E-state index contributed by atoms with van der Waals surface area (Å²) in [4.78, 5) is 13.7. The fraction of sp³-hybridized carbons (Fsp3) is 0.308. The van der Waals surface area contributed by atoms with Crippen molar-refractivity contribution in [2.75, 3.05) is 26.6 Å². The first-order chi connectivity index (χ1) is 16.4. The number of methoxy groups -OCH3 is 3. The van der Waals surface area contributed by atoms with E-state index in [2.05, 4.69) is 10.5 Å². The second-order valence-electron chi connectivity index (χ2n) is 8.54. The molecule has 0 spiro atoms. The van der Waals surface area contributed by atoms with Gasteiger partial charge in [-0.3, -0.25) is 4.79 Å². The second kappa shape index (κ2) is 8.44. The van der Waals surface area contributed by atoms with Crippen LogP contribution in [0.25, 0.3) is 0 Å². The number of allylic oxidation sites excluding steroid dienone is 2. The van der Waals surface area contributed by atoms with Crippen molar-refractivity contribution in [2.45, 2.75) is 31.6 Å².